The van der Waals surface area contributed by atoms with Gasteiger partial charge in [-0.15, -0.1) is 0 Å². The van der Waals surface area contributed by atoms with Gasteiger partial charge in [-0.1, -0.05) is 58.4 Å². The van der Waals surface area contributed by atoms with E-state index in [4.69, 9.17) is 4.52 Å². The van der Waals surface area contributed by atoms with E-state index in [1.54, 1.807) is 30.3 Å². The molecule has 0 saturated heterocycles. The van der Waals surface area contributed by atoms with Gasteiger partial charge >= 0.3 is 0 Å². The van der Waals surface area contributed by atoms with Gasteiger partial charge in [0.1, 0.15) is 0 Å². The molecular formula is C16H16BrO3P. The van der Waals surface area contributed by atoms with Crippen molar-refractivity contribution in [2.75, 3.05) is 7.11 Å². The van der Waals surface area contributed by atoms with Crippen LogP contribution in [0, 0.1) is 0 Å². The predicted molar refractivity (Wildman–Crippen MR) is 89.2 cm³/mol. The highest BCUT2D eigenvalue weighted by atomic mass is 79.9. The van der Waals surface area contributed by atoms with Crippen LogP contribution in [0.15, 0.2) is 64.9 Å². The zero-order valence-corrected chi connectivity index (χ0v) is 14.0. The smallest absolute Gasteiger partial charge is 0.256 e. The van der Waals surface area contributed by atoms with Crippen LogP contribution in [-0.2, 0) is 9.09 Å². The van der Waals surface area contributed by atoms with Crippen LogP contribution in [-0.4, -0.2) is 12.2 Å². The predicted octanol–water partition coefficient (Wildman–Crippen LogP) is 5.04. The van der Waals surface area contributed by atoms with Gasteiger partial charge in [0, 0.05) is 17.4 Å². The van der Waals surface area contributed by atoms with Gasteiger partial charge < -0.3 is 9.63 Å². The van der Waals surface area contributed by atoms with Crippen LogP contribution in [0.2, 0.25) is 0 Å². The van der Waals surface area contributed by atoms with Crippen molar-refractivity contribution in [1.29, 1.82) is 0 Å². The zero-order valence-electron chi connectivity index (χ0n) is 11.5. The van der Waals surface area contributed by atoms with E-state index in [0.29, 0.717) is 5.56 Å². The molecule has 2 atom stereocenters. The van der Waals surface area contributed by atoms with Gasteiger partial charge in [0.2, 0.25) is 0 Å². The van der Waals surface area contributed by atoms with Crippen molar-refractivity contribution in [3.8, 4) is 0 Å². The van der Waals surface area contributed by atoms with Gasteiger partial charge in [0.05, 0.1) is 0 Å². The number of hydrogen-bond acceptors (Lipinski definition) is 3. The Morgan fingerprint density at radius 3 is 2.33 bits per heavy atom. The lowest BCUT2D eigenvalue weighted by atomic mass is 10.2. The van der Waals surface area contributed by atoms with Crippen molar-refractivity contribution in [2.24, 2.45) is 0 Å². The molecule has 2 aromatic carbocycles. The summed E-state index contributed by atoms with van der Waals surface area (Å²) in [5.41, 5.74) is 1.46. The lowest BCUT2D eigenvalue weighted by molar-refractivity contribution is 0.228. The summed E-state index contributed by atoms with van der Waals surface area (Å²) in [6.45, 7) is 0. The molecule has 0 bridgehead atoms. The summed E-state index contributed by atoms with van der Waals surface area (Å²) in [6, 6.07) is 16.5. The van der Waals surface area contributed by atoms with E-state index in [-0.39, 0.29) is 0 Å². The van der Waals surface area contributed by atoms with Crippen LogP contribution in [0.25, 0.3) is 6.08 Å². The molecule has 110 valence electrons. The summed E-state index contributed by atoms with van der Waals surface area (Å²) >= 11 is 3.33. The molecule has 0 aromatic heterocycles. The Labute approximate surface area is 132 Å². The topological polar surface area (TPSA) is 46.5 Å². The molecule has 3 nitrogen and oxygen atoms in total. The Morgan fingerprint density at radius 1 is 1.14 bits per heavy atom. The third-order valence-electron chi connectivity index (χ3n) is 3.07. The number of aliphatic hydroxyl groups excluding tert-OH is 1. The Kier molecular flexibility index (Phi) is 5.54. The van der Waals surface area contributed by atoms with E-state index < -0.39 is 13.2 Å². The maximum Gasteiger partial charge on any atom is 0.256 e. The van der Waals surface area contributed by atoms with Crippen molar-refractivity contribution >= 4 is 29.4 Å². The number of hydrogen-bond donors (Lipinski definition) is 1. The molecule has 0 heterocycles. The van der Waals surface area contributed by atoms with Gasteiger partial charge in [-0.2, -0.15) is 0 Å². The van der Waals surface area contributed by atoms with Gasteiger partial charge in [-0.05, 0) is 29.3 Å². The van der Waals surface area contributed by atoms with Crippen LogP contribution < -0.4 is 0 Å². The van der Waals surface area contributed by atoms with Crippen molar-refractivity contribution in [3.63, 3.8) is 0 Å². The molecule has 0 spiro atoms. The summed E-state index contributed by atoms with van der Waals surface area (Å²) in [4.78, 5) is 0. The van der Waals surface area contributed by atoms with Crippen LogP contribution in [0.3, 0.4) is 0 Å². The number of halogens is 1. The molecule has 0 aliphatic carbocycles. The normalized spacial score (nSPS) is 15.8. The lowest BCUT2D eigenvalue weighted by Crippen LogP contribution is -1.99. The lowest BCUT2D eigenvalue weighted by Gasteiger charge is -2.19. The summed E-state index contributed by atoms with van der Waals surface area (Å²) in [5.74, 6) is 0.269. The minimum atomic E-state index is -3.33. The molecule has 2 unspecified atom stereocenters. The summed E-state index contributed by atoms with van der Waals surface area (Å²) < 4.78 is 18.8. The first kappa shape index (κ1) is 16.2. The monoisotopic (exact) mass is 366 g/mol. The summed E-state index contributed by atoms with van der Waals surface area (Å²) in [5, 5.41) is 10.4. The fourth-order valence-electron chi connectivity index (χ4n) is 1.84. The molecule has 2 rings (SSSR count). The van der Waals surface area contributed by atoms with Crippen LogP contribution in [0.1, 0.15) is 17.0 Å². The summed E-state index contributed by atoms with van der Waals surface area (Å²) in [6.07, 6.45) is 1.70. The standard InChI is InChI=1S/C16H16BrO3P/c1-20-21(19,12-11-13-5-3-2-4-6-13)16(18)14-7-9-15(17)10-8-14/h2-12,16,18H,1H3. The third-order valence-corrected chi connectivity index (χ3v) is 5.71. The van der Waals surface area contributed by atoms with E-state index in [1.807, 2.05) is 30.3 Å². The zero-order chi connectivity index (χ0) is 15.3. The molecule has 5 heteroatoms. The summed E-state index contributed by atoms with van der Waals surface area (Å²) in [7, 11) is -1.99. The van der Waals surface area contributed by atoms with E-state index in [9.17, 15) is 9.67 Å². The first-order chi connectivity index (χ1) is 10.0. The SMILES string of the molecule is COP(=O)(C=Cc1ccccc1)C(O)c1ccc(Br)cc1. The molecule has 0 aliphatic rings. The molecule has 0 saturated carbocycles. The minimum Gasteiger partial charge on any atom is -0.378 e. The first-order valence-corrected chi connectivity index (χ1v) is 8.94. The molecule has 0 aliphatic heterocycles. The Hall–Kier alpha value is -1.19. The quantitative estimate of drug-likeness (QED) is 0.754. The van der Waals surface area contributed by atoms with Crippen LogP contribution in [0.5, 0.6) is 0 Å². The van der Waals surface area contributed by atoms with Crippen LogP contribution >= 0.6 is 23.3 Å². The first-order valence-electron chi connectivity index (χ1n) is 6.38. The second-order valence-corrected chi connectivity index (χ2v) is 7.84. The molecule has 0 amide bonds. The molecule has 21 heavy (non-hydrogen) atoms. The minimum absolute atomic E-state index is 0.557. The highest BCUT2D eigenvalue weighted by Crippen LogP contribution is 2.59. The van der Waals surface area contributed by atoms with E-state index in [0.717, 1.165) is 10.0 Å². The number of rotatable bonds is 5. The van der Waals surface area contributed by atoms with Gasteiger partial charge in [-0.25, -0.2) is 0 Å². The molecule has 0 radical (unpaired) electrons. The fraction of sp³-hybridized carbons (Fsp3) is 0.125. The highest BCUT2D eigenvalue weighted by Gasteiger charge is 2.30. The Balaban J connectivity index is 2.26. The van der Waals surface area contributed by atoms with Crippen LogP contribution in [0.4, 0.5) is 0 Å². The van der Waals surface area contributed by atoms with Crippen molar-refractivity contribution in [1.82, 2.24) is 0 Å². The Morgan fingerprint density at radius 2 is 1.76 bits per heavy atom. The largest absolute Gasteiger partial charge is 0.378 e. The highest BCUT2D eigenvalue weighted by molar-refractivity contribution is 9.10. The molecule has 0 fully saturated rings. The Bertz CT molecular complexity index is 653. The third kappa shape index (κ3) is 4.14. The van der Waals surface area contributed by atoms with E-state index in [1.165, 1.54) is 12.9 Å². The average Bonchev–Trinajstić information content (AvgIpc) is 2.53. The molecule has 2 aromatic rings. The van der Waals surface area contributed by atoms with E-state index >= 15 is 0 Å². The maximum atomic E-state index is 12.8. The van der Waals surface area contributed by atoms with E-state index in [2.05, 4.69) is 15.9 Å². The number of benzene rings is 2. The average molecular weight is 367 g/mol. The second-order valence-electron chi connectivity index (χ2n) is 4.48. The van der Waals surface area contributed by atoms with Crippen molar-refractivity contribution < 1.29 is 14.2 Å². The number of aliphatic hydroxyl groups is 1. The second kappa shape index (κ2) is 7.19. The fourth-order valence-corrected chi connectivity index (χ4v) is 3.56. The molecular weight excluding hydrogens is 351 g/mol. The van der Waals surface area contributed by atoms with Crippen molar-refractivity contribution in [2.45, 2.75) is 5.85 Å². The molecule has 1 N–H and O–H groups in total. The van der Waals surface area contributed by atoms with Crippen molar-refractivity contribution in [3.05, 3.63) is 76.0 Å². The maximum absolute atomic E-state index is 12.8. The van der Waals surface area contributed by atoms with Gasteiger partial charge in [-0.3, -0.25) is 4.57 Å². The van der Waals surface area contributed by atoms with Gasteiger partial charge in [0.25, 0.3) is 7.37 Å². The van der Waals surface area contributed by atoms with Gasteiger partial charge in [0.15, 0.2) is 5.85 Å².